The van der Waals surface area contributed by atoms with E-state index in [1.165, 1.54) is 31.2 Å². The second kappa shape index (κ2) is 8.64. The Kier molecular flexibility index (Phi) is 6.84. The van der Waals surface area contributed by atoms with Crippen LogP contribution in [0.5, 0.6) is 11.5 Å². The van der Waals surface area contributed by atoms with E-state index >= 15 is 0 Å². The lowest BCUT2D eigenvalue weighted by atomic mass is 9.83. The molecule has 1 fully saturated rings. The van der Waals surface area contributed by atoms with E-state index in [-0.39, 0.29) is 0 Å². The van der Waals surface area contributed by atoms with E-state index in [9.17, 15) is 0 Å². The van der Waals surface area contributed by atoms with Crippen LogP contribution in [0.4, 0.5) is 0 Å². The summed E-state index contributed by atoms with van der Waals surface area (Å²) in [5.74, 6) is 2.56. The molecule has 1 N–H and O–H groups in total. The lowest BCUT2D eigenvalue weighted by Gasteiger charge is -2.25. The predicted molar refractivity (Wildman–Crippen MR) is 90.1 cm³/mol. The highest BCUT2D eigenvalue weighted by molar-refractivity contribution is 9.10. The maximum atomic E-state index is 5.75. The highest BCUT2D eigenvalue weighted by Gasteiger charge is 2.16. The molecule has 0 spiro atoms. The molecule has 21 heavy (non-hydrogen) atoms. The molecule has 0 atom stereocenters. The van der Waals surface area contributed by atoms with Gasteiger partial charge in [-0.05, 0) is 58.9 Å². The van der Waals surface area contributed by atoms with Gasteiger partial charge in [-0.3, -0.25) is 0 Å². The Morgan fingerprint density at radius 2 is 2.14 bits per heavy atom. The van der Waals surface area contributed by atoms with Crippen LogP contribution in [0.25, 0.3) is 0 Å². The van der Waals surface area contributed by atoms with Gasteiger partial charge >= 0.3 is 0 Å². The minimum Gasteiger partial charge on any atom is -0.493 e. The van der Waals surface area contributed by atoms with Gasteiger partial charge in [-0.15, -0.1) is 0 Å². The molecule has 1 aromatic rings. The molecule has 118 valence electrons. The van der Waals surface area contributed by atoms with Crippen LogP contribution in [0.2, 0.25) is 0 Å². The van der Waals surface area contributed by atoms with E-state index < -0.39 is 0 Å². The van der Waals surface area contributed by atoms with Gasteiger partial charge in [0.25, 0.3) is 0 Å². The topological polar surface area (TPSA) is 30.5 Å². The first-order valence-electron chi connectivity index (χ1n) is 7.94. The normalized spacial score (nSPS) is 14.8. The van der Waals surface area contributed by atoms with Crippen molar-refractivity contribution >= 4 is 15.9 Å². The number of hydrogen-bond donors (Lipinski definition) is 1. The van der Waals surface area contributed by atoms with Crippen molar-refractivity contribution in [1.82, 2.24) is 5.32 Å². The van der Waals surface area contributed by atoms with Crippen LogP contribution in [0.3, 0.4) is 0 Å². The molecule has 0 unspecified atom stereocenters. The fourth-order valence-electron chi connectivity index (χ4n) is 2.54. The molecule has 1 saturated carbocycles. The minimum absolute atomic E-state index is 0.702. The molecule has 0 saturated heterocycles. The SMILES string of the molecule is CCCOc1c(Br)cc(CNCCC2CCC2)cc1OC. The number of methoxy groups -OCH3 is 1. The zero-order valence-corrected chi connectivity index (χ0v) is 14.7. The summed E-state index contributed by atoms with van der Waals surface area (Å²) in [6.45, 7) is 4.77. The van der Waals surface area contributed by atoms with Crippen LogP contribution in [0, 0.1) is 5.92 Å². The Labute approximate surface area is 136 Å². The molecule has 1 aliphatic carbocycles. The Bertz CT molecular complexity index is 447. The molecule has 0 heterocycles. The van der Waals surface area contributed by atoms with Gasteiger partial charge < -0.3 is 14.8 Å². The van der Waals surface area contributed by atoms with Gasteiger partial charge in [0.05, 0.1) is 18.2 Å². The van der Waals surface area contributed by atoms with Crippen molar-refractivity contribution in [2.45, 2.75) is 45.6 Å². The summed E-state index contributed by atoms with van der Waals surface area (Å²) >= 11 is 3.59. The van der Waals surface area contributed by atoms with E-state index in [0.29, 0.717) is 6.61 Å². The Hall–Kier alpha value is -0.740. The number of halogens is 1. The highest BCUT2D eigenvalue weighted by atomic mass is 79.9. The fourth-order valence-corrected chi connectivity index (χ4v) is 3.14. The van der Waals surface area contributed by atoms with Crippen molar-refractivity contribution in [2.75, 3.05) is 20.3 Å². The van der Waals surface area contributed by atoms with Crippen LogP contribution >= 0.6 is 15.9 Å². The number of hydrogen-bond acceptors (Lipinski definition) is 3. The molecule has 0 radical (unpaired) electrons. The number of nitrogens with one attached hydrogen (secondary N) is 1. The van der Waals surface area contributed by atoms with E-state index in [2.05, 4.69) is 40.3 Å². The third-order valence-electron chi connectivity index (χ3n) is 4.02. The number of ether oxygens (including phenoxy) is 2. The largest absolute Gasteiger partial charge is 0.493 e. The molecule has 0 aliphatic heterocycles. The zero-order valence-electron chi connectivity index (χ0n) is 13.1. The molecule has 1 aliphatic rings. The number of rotatable bonds is 9. The molecule has 0 aromatic heterocycles. The monoisotopic (exact) mass is 355 g/mol. The zero-order chi connectivity index (χ0) is 15.1. The number of benzene rings is 1. The van der Waals surface area contributed by atoms with Crippen LogP contribution in [0.1, 0.15) is 44.6 Å². The second-order valence-corrected chi connectivity index (χ2v) is 6.57. The summed E-state index contributed by atoms with van der Waals surface area (Å²) in [4.78, 5) is 0. The lowest BCUT2D eigenvalue weighted by Crippen LogP contribution is -2.21. The molecule has 4 heteroatoms. The summed E-state index contributed by atoms with van der Waals surface area (Å²) in [7, 11) is 1.69. The maximum absolute atomic E-state index is 5.75. The summed E-state index contributed by atoms with van der Waals surface area (Å²) in [5.41, 5.74) is 1.22. The fraction of sp³-hybridized carbons (Fsp3) is 0.647. The van der Waals surface area contributed by atoms with E-state index in [4.69, 9.17) is 9.47 Å². The molecule has 3 nitrogen and oxygen atoms in total. The van der Waals surface area contributed by atoms with Gasteiger partial charge in [0.15, 0.2) is 11.5 Å². The lowest BCUT2D eigenvalue weighted by molar-refractivity contribution is 0.290. The van der Waals surface area contributed by atoms with Crippen molar-refractivity contribution in [3.05, 3.63) is 22.2 Å². The van der Waals surface area contributed by atoms with Gasteiger partial charge in [0, 0.05) is 6.54 Å². The Morgan fingerprint density at radius 1 is 1.33 bits per heavy atom. The highest BCUT2D eigenvalue weighted by Crippen LogP contribution is 2.36. The smallest absolute Gasteiger partial charge is 0.175 e. The van der Waals surface area contributed by atoms with Gasteiger partial charge in [0.1, 0.15) is 0 Å². The van der Waals surface area contributed by atoms with E-state index in [1.807, 2.05) is 0 Å². The standard InChI is InChI=1S/C17H26BrNO2/c1-3-9-21-17-15(18)10-14(11-16(17)20-2)12-19-8-7-13-5-4-6-13/h10-11,13,19H,3-9,12H2,1-2H3. The molecular formula is C17H26BrNO2. The Balaban J connectivity index is 1.88. The third kappa shape index (κ3) is 4.89. The summed E-state index contributed by atoms with van der Waals surface area (Å²) < 4.78 is 12.2. The first kappa shape index (κ1) is 16.6. The Morgan fingerprint density at radius 3 is 2.76 bits per heavy atom. The van der Waals surface area contributed by atoms with Gasteiger partial charge in [-0.25, -0.2) is 0 Å². The third-order valence-corrected chi connectivity index (χ3v) is 4.61. The van der Waals surface area contributed by atoms with Crippen LogP contribution in [-0.2, 0) is 6.54 Å². The van der Waals surface area contributed by atoms with Crippen molar-refractivity contribution < 1.29 is 9.47 Å². The van der Waals surface area contributed by atoms with Crippen molar-refractivity contribution in [2.24, 2.45) is 5.92 Å². The summed E-state index contributed by atoms with van der Waals surface area (Å²) in [6.07, 6.45) is 6.55. The minimum atomic E-state index is 0.702. The summed E-state index contributed by atoms with van der Waals surface area (Å²) in [6, 6.07) is 4.18. The van der Waals surface area contributed by atoms with Crippen molar-refractivity contribution in [1.29, 1.82) is 0 Å². The molecular weight excluding hydrogens is 330 g/mol. The maximum Gasteiger partial charge on any atom is 0.175 e. The molecule has 0 bridgehead atoms. The van der Waals surface area contributed by atoms with Crippen LogP contribution in [0.15, 0.2) is 16.6 Å². The van der Waals surface area contributed by atoms with Crippen LogP contribution in [-0.4, -0.2) is 20.3 Å². The molecule has 2 rings (SSSR count). The average molecular weight is 356 g/mol. The van der Waals surface area contributed by atoms with Crippen LogP contribution < -0.4 is 14.8 Å². The van der Waals surface area contributed by atoms with E-state index in [1.54, 1.807) is 7.11 Å². The average Bonchev–Trinajstić information content (AvgIpc) is 2.43. The molecule has 0 amide bonds. The van der Waals surface area contributed by atoms with Crippen molar-refractivity contribution in [3.63, 3.8) is 0 Å². The summed E-state index contributed by atoms with van der Waals surface area (Å²) in [5, 5.41) is 3.52. The second-order valence-electron chi connectivity index (χ2n) is 5.72. The first-order valence-corrected chi connectivity index (χ1v) is 8.73. The van der Waals surface area contributed by atoms with Gasteiger partial charge in [-0.1, -0.05) is 26.2 Å². The van der Waals surface area contributed by atoms with Gasteiger partial charge in [0.2, 0.25) is 0 Å². The van der Waals surface area contributed by atoms with Crippen molar-refractivity contribution in [3.8, 4) is 11.5 Å². The van der Waals surface area contributed by atoms with Gasteiger partial charge in [-0.2, -0.15) is 0 Å². The predicted octanol–water partition coefficient (Wildman–Crippen LogP) is 4.53. The van der Waals surface area contributed by atoms with E-state index in [0.717, 1.165) is 41.4 Å². The molecule has 1 aromatic carbocycles. The quantitative estimate of drug-likeness (QED) is 0.660. The first-order chi connectivity index (χ1) is 10.2.